The Morgan fingerprint density at radius 1 is 1.08 bits per heavy atom. The molecule has 1 unspecified atom stereocenters. The molecule has 16 heteroatoms. The summed E-state index contributed by atoms with van der Waals surface area (Å²) in [7, 11) is 0. The Hall–Kier alpha value is -4.05. The van der Waals surface area contributed by atoms with Gasteiger partial charge in [-0.3, -0.25) is 19.3 Å². The smallest absolute Gasteiger partial charge is 0.278 e. The van der Waals surface area contributed by atoms with Gasteiger partial charge in [0.05, 0.1) is 17.2 Å². The highest BCUT2D eigenvalue weighted by atomic mass is 32.2. The summed E-state index contributed by atoms with van der Waals surface area (Å²) in [5, 5.41) is 21.1. The molecule has 14 nitrogen and oxygen atoms in total. The van der Waals surface area contributed by atoms with Crippen LogP contribution in [-0.2, 0) is 25.8 Å². The lowest BCUT2D eigenvalue weighted by molar-refractivity contribution is -0.689. The number of hydrogen-bond acceptors (Lipinski definition) is 12. The second-order valence-electron chi connectivity index (χ2n) is 11.6. The van der Waals surface area contributed by atoms with Crippen LogP contribution in [0.3, 0.4) is 0 Å². The van der Waals surface area contributed by atoms with Crippen molar-refractivity contribution in [3.05, 3.63) is 47.2 Å². The van der Waals surface area contributed by atoms with Crippen LogP contribution in [0.1, 0.15) is 94.2 Å². The third-order valence-corrected chi connectivity index (χ3v) is 9.91. The van der Waals surface area contributed by atoms with Crippen molar-refractivity contribution in [3.8, 4) is 0 Å². The number of hydrogen-bond donors (Lipinski definition) is 3. The summed E-state index contributed by atoms with van der Waals surface area (Å²) in [5.41, 5.74) is 6.14. The lowest BCUT2D eigenvalue weighted by Crippen LogP contribution is -2.71. The van der Waals surface area contributed by atoms with Crippen molar-refractivity contribution < 1.29 is 33.7 Å². The number of anilines is 1. The molecule has 4 N–H and O–H groups in total. The number of carboxylic acids is 1. The van der Waals surface area contributed by atoms with Crippen molar-refractivity contribution in [3.63, 3.8) is 0 Å². The highest BCUT2D eigenvalue weighted by Crippen LogP contribution is 2.40. The molecule has 3 amide bonds. The first kappa shape index (κ1) is 36.8. The third-order valence-electron chi connectivity index (χ3n) is 8.02. The van der Waals surface area contributed by atoms with Gasteiger partial charge in [-0.2, -0.15) is 9.36 Å². The zero-order chi connectivity index (χ0) is 34.5. The average Bonchev–Trinajstić information content (AvgIpc) is 3.51. The van der Waals surface area contributed by atoms with Gasteiger partial charge in [0, 0.05) is 41.5 Å². The predicted molar refractivity (Wildman–Crippen MR) is 180 cm³/mol. The van der Waals surface area contributed by atoms with Crippen molar-refractivity contribution >= 4 is 57.8 Å². The van der Waals surface area contributed by atoms with Crippen molar-refractivity contribution in [1.29, 1.82) is 0 Å². The first-order valence-electron chi connectivity index (χ1n) is 16.5. The Kier molecular flexibility index (Phi) is 14.2. The summed E-state index contributed by atoms with van der Waals surface area (Å²) < 4.78 is 5.73. The molecule has 0 saturated carbocycles. The summed E-state index contributed by atoms with van der Waals surface area (Å²) in [6.07, 6.45) is 15.7. The quantitative estimate of drug-likeness (QED) is 0.0604. The van der Waals surface area contributed by atoms with Crippen LogP contribution in [0, 0.1) is 0 Å². The fourth-order valence-corrected chi connectivity index (χ4v) is 7.27. The lowest BCUT2D eigenvalue weighted by Gasteiger charge is -2.50. The second-order valence-corrected chi connectivity index (χ2v) is 13.5. The number of aliphatic carboxylic acids is 1. The fourth-order valence-electron chi connectivity index (χ4n) is 5.50. The number of nitrogens with one attached hydrogen (secondary N) is 2. The van der Waals surface area contributed by atoms with Crippen LogP contribution in [0.2, 0.25) is 0 Å². The van der Waals surface area contributed by atoms with E-state index in [0.29, 0.717) is 17.7 Å². The zero-order valence-corrected chi connectivity index (χ0v) is 29.1. The molecular formula is C32H44N8O6S2. The fraction of sp³-hybridized carbons (Fsp3) is 0.562. The summed E-state index contributed by atoms with van der Waals surface area (Å²) in [4.78, 5) is 61.2. The highest BCUT2D eigenvalue weighted by molar-refractivity contribution is 8.00. The molecule has 2 aromatic rings. The van der Waals surface area contributed by atoms with Gasteiger partial charge < -0.3 is 31.1 Å². The van der Waals surface area contributed by atoms with Gasteiger partial charge in [0.2, 0.25) is 11.5 Å². The Morgan fingerprint density at radius 2 is 1.75 bits per heavy atom. The number of nitrogen functional groups attached to an aromatic ring is 1. The van der Waals surface area contributed by atoms with E-state index in [9.17, 15) is 24.3 Å². The monoisotopic (exact) mass is 700 g/mol. The average molecular weight is 701 g/mol. The van der Waals surface area contributed by atoms with E-state index in [2.05, 4.69) is 32.1 Å². The number of rotatable bonds is 20. The normalized spacial score (nSPS) is 17.5. The molecule has 4 heterocycles. The zero-order valence-electron chi connectivity index (χ0n) is 27.4. The number of β-lactam (4-membered cyclic amide) rings is 1. The lowest BCUT2D eigenvalue weighted by atomic mass is 10.0. The highest BCUT2D eigenvalue weighted by Gasteiger charge is 2.53. The maximum atomic E-state index is 13.2. The summed E-state index contributed by atoms with van der Waals surface area (Å²) in [6, 6.07) is 2.35. The largest absolute Gasteiger partial charge is 0.543 e. The van der Waals surface area contributed by atoms with Gasteiger partial charge in [0.1, 0.15) is 18.0 Å². The number of carbonyl (C=O) groups excluding carboxylic acids is 4. The molecule has 48 heavy (non-hydrogen) atoms. The number of oxime groups is 1. The standard InChI is InChI=1S/C32H44N8O6S2/c1-3-5-6-7-8-9-10-11-12-13-16-34-27(41)21-14-17-39(18-15-21)19-22-20-47-30-24(29(43)40(30)25(22)31(44)45)35-28(42)23(37-46-4-2)26-36-32(33)48-38-26/h14-15,17-18,24,30H,3-13,16,19-20H2,1-2H3,(H4-,33,34,35,36,38,41,42,44,45)/t24?,30-/m0/s1. The van der Waals surface area contributed by atoms with Gasteiger partial charge in [-0.05, 0) is 13.3 Å². The Morgan fingerprint density at radius 3 is 2.35 bits per heavy atom. The molecule has 0 aromatic carbocycles. The summed E-state index contributed by atoms with van der Waals surface area (Å²) >= 11 is 2.19. The molecule has 260 valence electrons. The van der Waals surface area contributed by atoms with Gasteiger partial charge in [0.15, 0.2) is 24.1 Å². The Bertz CT molecular complexity index is 1500. The third kappa shape index (κ3) is 9.75. The first-order valence-corrected chi connectivity index (χ1v) is 18.3. The van der Waals surface area contributed by atoms with Gasteiger partial charge in [0.25, 0.3) is 17.7 Å². The number of fused-ring (bicyclic) bond motifs is 1. The topological polar surface area (TPSA) is 196 Å². The predicted octanol–water partition coefficient (Wildman–Crippen LogP) is 1.90. The number of carbonyl (C=O) groups is 4. The minimum Gasteiger partial charge on any atom is -0.543 e. The van der Waals surface area contributed by atoms with E-state index < -0.39 is 29.2 Å². The Labute approximate surface area is 288 Å². The molecule has 0 radical (unpaired) electrons. The van der Waals surface area contributed by atoms with Crippen molar-refractivity contribution in [1.82, 2.24) is 24.9 Å². The molecular weight excluding hydrogens is 657 g/mol. The number of pyridine rings is 1. The first-order chi connectivity index (χ1) is 23.2. The van der Waals surface area contributed by atoms with Gasteiger partial charge >= 0.3 is 0 Å². The molecule has 2 aliphatic rings. The van der Waals surface area contributed by atoms with E-state index in [-0.39, 0.29) is 47.2 Å². The van der Waals surface area contributed by atoms with Crippen LogP contribution < -0.4 is 26.0 Å². The van der Waals surface area contributed by atoms with E-state index in [1.165, 1.54) is 63.1 Å². The van der Waals surface area contributed by atoms with Crippen LogP contribution in [-0.4, -0.2) is 74.0 Å². The number of carboxylic acid groups (broad SMARTS) is 1. The molecule has 0 bridgehead atoms. The van der Waals surface area contributed by atoms with Crippen LogP contribution in [0.5, 0.6) is 0 Å². The summed E-state index contributed by atoms with van der Waals surface area (Å²) in [6.45, 7) is 4.88. The van der Waals surface area contributed by atoms with E-state index in [0.717, 1.165) is 29.3 Å². The second kappa shape index (κ2) is 18.5. The molecule has 2 aliphatic heterocycles. The molecule has 1 saturated heterocycles. The molecule has 4 rings (SSSR count). The molecule has 1 fully saturated rings. The minimum absolute atomic E-state index is 0.0457. The van der Waals surface area contributed by atoms with Crippen LogP contribution in [0.15, 0.2) is 41.0 Å². The number of nitrogens with two attached hydrogens (primary N) is 1. The van der Waals surface area contributed by atoms with Crippen LogP contribution in [0.4, 0.5) is 5.13 Å². The van der Waals surface area contributed by atoms with Gasteiger partial charge in [-0.25, -0.2) is 4.57 Å². The van der Waals surface area contributed by atoms with Gasteiger partial charge in [-0.15, -0.1) is 11.8 Å². The summed E-state index contributed by atoms with van der Waals surface area (Å²) in [5.74, 6) is -2.77. The number of unbranched alkanes of at least 4 members (excludes halogenated alkanes) is 9. The Balaban J connectivity index is 1.28. The molecule has 0 spiro atoms. The van der Waals surface area contributed by atoms with Crippen LogP contribution >= 0.6 is 23.3 Å². The molecule has 2 atom stereocenters. The minimum atomic E-state index is -1.49. The number of amides is 3. The molecule has 2 aromatic heterocycles. The van der Waals surface area contributed by atoms with Crippen molar-refractivity contribution in [2.45, 2.75) is 96.0 Å². The van der Waals surface area contributed by atoms with E-state index in [1.807, 2.05) is 0 Å². The maximum absolute atomic E-state index is 13.2. The van der Waals surface area contributed by atoms with E-state index in [1.54, 1.807) is 36.0 Å². The molecule has 0 aliphatic carbocycles. The van der Waals surface area contributed by atoms with E-state index >= 15 is 0 Å². The number of thioether (sulfide) groups is 1. The van der Waals surface area contributed by atoms with Crippen LogP contribution in [0.25, 0.3) is 0 Å². The number of nitrogens with zero attached hydrogens (tertiary/aromatic N) is 5. The van der Waals surface area contributed by atoms with E-state index in [4.69, 9.17) is 10.6 Å². The van der Waals surface area contributed by atoms with Crippen molar-refractivity contribution in [2.24, 2.45) is 5.16 Å². The van der Waals surface area contributed by atoms with Gasteiger partial charge in [-0.1, -0.05) is 69.9 Å². The number of aromatic nitrogens is 3. The maximum Gasteiger partial charge on any atom is 0.278 e. The van der Waals surface area contributed by atoms with Crippen molar-refractivity contribution in [2.75, 3.05) is 24.6 Å². The SMILES string of the molecule is CCCCCCCCCCCCNC(=O)c1cc[n+](CC2=C(C(=O)[O-])N3C(=O)C(NC(=O)C(=NOCC)c4nsc(N)n4)[C@@H]3SC2)cc1.